The molecule has 5 rings (SSSR count). The van der Waals surface area contributed by atoms with E-state index in [0.29, 0.717) is 23.7 Å². The highest BCUT2D eigenvalue weighted by Crippen LogP contribution is 2.54. The molecule has 3 aliphatic rings. The molecule has 0 amide bonds. The Kier molecular flexibility index (Phi) is 9.83. The zero-order chi connectivity index (χ0) is 31.7. The van der Waals surface area contributed by atoms with E-state index < -0.39 is 42.7 Å². The Morgan fingerprint density at radius 3 is 2.27 bits per heavy atom. The van der Waals surface area contributed by atoms with Crippen LogP contribution in [0.2, 0.25) is 0 Å². The fourth-order valence-electron chi connectivity index (χ4n) is 6.59. The average Bonchev–Trinajstić information content (AvgIpc) is 3.48. The molecule has 44 heavy (non-hydrogen) atoms. The van der Waals surface area contributed by atoms with Crippen molar-refractivity contribution in [3.63, 3.8) is 0 Å². The Labute approximate surface area is 255 Å². The molecule has 0 aromatic heterocycles. The number of aromatic hydroxyl groups is 1. The highest BCUT2D eigenvalue weighted by atomic mass is 16.8. The Hall–Kier alpha value is -3.20. The van der Waals surface area contributed by atoms with Crippen molar-refractivity contribution >= 4 is 0 Å². The lowest BCUT2D eigenvalue weighted by Crippen LogP contribution is -2.56. The number of benzene rings is 2. The van der Waals surface area contributed by atoms with Crippen LogP contribution in [-0.4, -0.2) is 86.8 Å². The van der Waals surface area contributed by atoms with Gasteiger partial charge in [-0.2, -0.15) is 0 Å². The summed E-state index contributed by atoms with van der Waals surface area (Å²) in [5.41, 5.74) is 8.62. The van der Waals surface area contributed by atoms with Gasteiger partial charge in [-0.25, -0.2) is 0 Å². The van der Waals surface area contributed by atoms with Crippen LogP contribution < -0.4 is 24.7 Å². The number of fused-ring (bicyclic) bond motifs is 2. The van der Waals surface area contributed by atoms with Crippen LogP contribution in [-0.2, 0) is 14.2 Å². The van der Waals surface area contributed by atoms with Gasteiger partial charge < -0.3 is 54.2 Å². The number of methoxy groups -OCH3 is 2. The van der Waals surface area contributed by atoms with Gasteiger partial charge in [0, 0.05) is 16.4 Å². The highest BCUT2D eigenvalue weighted by molar-refractivity contribution is 5.58. The van der Waals surface area contributed by atoms with E-state index in [1.807, 2.05) is 26.0 Å². The van der Waals surface area contributed by atoms with Gasteiger partial charge in [0.2, 0.25) is 17.5 Å². The summed E-state index contributed by atoms with van der Waals surface area (Å²) in [6.45, 7) is 5.60. The van der Waals surface area contributed by atoms with Crippen molar-refractivity contribution in [2.24, 2.45) is 23.5 Å². The maximum atomic E-state index is 11.6. The molecule has 0 bridgehead atoms. The summed E-state index contributed by atoms with van der Waals surface area (Å²) in [7, 11) is 2.91. The summed E-state index contributed by atoms with van der Waals surface area (Å²) >= 11 is 0. The van der Waals surface area contributed by atoms with Gasteiger partial charge in [-0.3, -0.25) is 0 Å². The number of nitrogens with two attached hydrogens (primary N) is 1. The second kappa shape index (κ2) is 13.4. The lowest BCUT2D eigenvalue weighted by molar-refractivity contribution is -0.250. The molecule has 1 saturated heterocycles. The molecular weight excluding hydrogens is 578 g/mol. The van der Waals surface area contributed by atoms with E-state index in [-0.39, 0.29) is 55.0 Å². The molecule has 2 aromatic carbocycles. The molecule has 2 aliphatic heterocycles. The highest BCUT2D eigenvalue weighted by Gasteiger charge is 2.47. The lowest BCUT2D eigenvalue weighted by Gasteiger charge is -2.41. The van der Waals surface area contributed by atoms with Crippen LogP contribution in [0.3, 0.4) is 0 Å². The van der Waals surface area contributed by atoms with Crippen LogP contribution >= 0.6 is 0 Å². The van der Waals surface area contributed by atoms with Gasteiger partial charge in [0.1, 0.15) is 0 Å². The number of phenols is 1. The molecule has 13 nitrogen and oxygen atoms in total. The van der Waals surface area contributed by atoms with Crippen LogP contribution in [0.4, 0.5) is 0 Å². The van der Waals surface area contributed by atoms with Gasteiger partial charge in [-0.1, -0.05) is 13.8 Å². The van der Waals surface area contributed by atoms with Gasteiger partial charge in [-0.15, -0.1) is 0 Å². The molecule has 242 valence electrons. The number of aliphatic hydroxyl groups excluding tert-OH is 2. The fourth-order valence-corrected chi connectivity index (χ4v) is 6.59. The number of rotatable bonds is 11. The standard InChI is InChI=1S/C31H41NO12/c1-14-10-39-16(3)44-30(14)29(35)27(32)21(33)12-40-31-19-9-23-22(41-13-42-23)8-18(19)26(15(2)20(31)11-43-36)17-6-24(37-4)28(34)25(7-17)38-5/h6-9,14-16,20-21,26-27,29-31,33,35H,10-13,32H2,1-5H3/p+1/t14?,15-,16-,20?,21?,26+,27?,29?,30?,31?/m0/s1. The van der Waals surface area contributed by atoms with Crippen LogP contribution in [0, 0.1) is 27.3 Å². The largest absolute Gasteiger partial charge is 0.502 e. The molecule has 7 unspecified atom stereocenters. The second-order valence-electron chi connectivity index (χ2n) is 11.8. The van der Waals surface area contributed by atoms with E-state index in [2.05, 4.69) is 4.60 Å². The van der Waals surface area contributed by atoms with Crippen LogP contribution in [0.25, 0.3) is 0 Å². The summed E-state index contributed by atoms with van der Waals surface area (Å²) in [6, 6.07) is 6.08. The van der Waals surface area contributed by atoms with Crippen molar-refractivity contribution in [1.29, 1.82) is 0 Å². The molecule has 0 saturated carbocycles. The third kappa shape index (κ3) is 6.04. The predicted octanol–water partition coefficient (Wildman–Crippen LogP) is 2.66. The van der Waals surface area contributed by atoms with Crippen molar-refractivity contribution in [3.8, 4) is 28.7 Å². The van der Waals surface area contributed by atoms with Crippen molar-refractivity contribution < 1.29 is 48.5 Å². The molecular formula is C31H42NO12+. The average molecular weight is 621 g/mol. The van der Waals surface area contributed by atoms with Gasteiger partial charge in [0.15, 0.2) is 29.3 Å². The minimum atomic E-state index is -1.26. The van der Waals surface area contributed by atoms with E-state index in [4.69, 9.17) is 38.9 Å². The Morgan fingerprint density at radius 1 is 1.02 bits per heavy atom. The minimum absolute atomic E-state index is 0.0503. The van der Waals surface area contributed by atoms with Gasteiger partial charge >= 0.3 is 6.61 Å². The smallest absolute Gasteiger partial charge is 0.348 e. The summed E-state index contributed by atoms with van der Waals surface area (Å²) in [5, 5.41) is 32.6. The Bertz CT molecular complexity index is 1300. The van der Waals surface area contributed by atoms with Crippen LogP contribution in [0.15, 0.2) is 24.3 Å². The van der Waals surface area contributed by atoms with Gasteiger partial charge in [0.25, 0.3) is 0 Å². The first-order chi connectivity index (χ1) is 21.1. The minimum Gasteiger partial charge on any atom is -0.502 e. The lowest BCUT2D eigenvalue weighted by atomic mass is 9.66. The molecule has 2 aromatic rings. The summed E-state index contributed by atoms with van der Waals surface area (Å²) in [6.07, 6.45) is -4.28. The predicted molar refractivity (Wildman–Crippen MR) is 158 cm³/mol. The number of hydrogen-bond acceptors (Lipinski definition) is 12. The van der Waals surface area contributed by atoms with E-state index >= 15 is 0 Å². The number of aliphatic hydroxyl groups is 2. The van der Waals surface area contributed by atoms with E-state index in [1.165, 1.54) is 14.2 Å². The zero-order valence-corrected chi connectivity index (χ0v) is 25.5. The maximum Gasteiger partial charge on any atom is 0.348 e. The quantitative estimate of drug-likeness (QED) is 0.270. The Morgan fingerprint density at radius 2 is 1.66 bits per heavy atom. The molecule has 1 aliphatic carbocycles. The van der Waals surface area contributed by atoms with Crippen molar-refractivity contribution in [2.75, 3.05) is 40.8 Å². The van der Waals surface area contributed by atoms with Crippen molar-refractivity contribution in [3.05, 3.63) is 50.5 Å². The summed E-state index contributed by atoms with van der Waals surface area (Å²) < 4.78 is 44.3. The Balaban J connectivity index is 1.48. The fraction of sp³-hybridized carbons (Fsp3) is 0.613. The second-order valence-corrected chi connectivity index (χ2v) is 11.8. The van der Waals surface area contributed by atoms with Crippen LogP contribution in [0.5, 0.6) is 28.7 Å². The van der Waals surface area contributed by atoms with Gasteiger partial charge in [-0.05, 0) is 53.8 Å². The monoisotopic (exact) mass is 620 g/mol. The number of phenolic OH excluding ortho intramolecular Hbond substituents is 1. The summed E-state index contributed by atoms with van der Waals surface area (Å²) in [5.74, 6) is 0.209. The first-order valence-corrected chi connectivity index (χ1v) is 14.7. The molecule has 0 radical (unpaired) electrons. The van der Waals surface area contributed by atoms with Gasteiger partial charge in [0.05, 0.1) is 63.8 Å². The number of ether oxygens (including phenoxy) is 7. The molecule has 10 atom stereocenters. The topological polar surface area (TPSA) is 180 Å². The third-order valence-corrected chi connectivity index (χ3v) is 9.06. The molecule has 2 heterocycles. The first-order valence-electron chi connectivity index (χ1n) is 14.7. The maximum absolute atomic E-state index is 11.6. The van der Waals surface area contributed by atoms with E-state index in [9.17, 15) is 20.3 Å². The zero-order valence-electron chi connectivity index (χ0n) is 25.5. The molecule has 13 heteroatoms. The van der Waals surface area contributed by atoms with E-state index in [1.54, 1.807) is 19.1 Å². The summed E-state index contributed by atoms with van der Waals surface area (Å²) in [4.78, 5) is 11.6. The third-order valence-electron chi connectivity index (χ3n) is 9.06. The molecule has 5 N–H and O–H groups in total. The first kappa shape index (κ1) is 32.2. The number of hydrogen-bond donors (Lipinski definition) is 4. The SMILES string of the molecule is COc1cc([C@@H]2c3cc4c(cc3C(OCC(O)C(N)C(O)C3O[C@@H](C)OCC3C)C(C[O+]=O)[C@@H]2C)OCO4)cc(OC)c1O. The normalized spacial score (nSPS) is 29.8. The molecule has 0 spiro atoms. The molecule has 1 fully saturated rings. The van der Waals surface area contributed by atoms with Crippen molar-refractivity contribution in [2.45, 2.75) is 63.4 Å². The van der Waals surface area contributed by atoms with Crippen molar-refractivity contribution in [1.82, 2.24) is 0 Å². The van der Waals surface area contributed by atoms with Crippen LogP contribution in [0.1, 0.15) is 49.5 Å². The van der Waals surface area contributed by atoms with E-state index in [0.717, 1.165) is 11.1 Å².